The Morgan fingerprint density at radius 2 is 1.59 bits per heavy atom. The van der Waals surface area contributed by atoms with Crippen molar-refractivity contribution in [2.75, 3.05) is 53.1 Å². The second-order valence-corrected chi connectivity index (χ2v) is 19.1. The lowest BCUT2D eigenvalue weighted by molar-refractivity contribution is -0.172. The number of pyridine rings is 2. The van der Waals surface area contributed by atoms with E-state index in [0.717, 1.165) is 23.3 Å². The third kappa shape index (κ3) is 11.5. The number of aromatic nitrogens is 2. The molecule has 1 unspecified atom stereocenters. The first-order chi connectivity index (χ1) is 37.2. The molecule has 78 heavy (non-hydrogen) atoms. The summed E-state index contributed by atoms with van der Waals surface area (Å²) in [6.45, 7) is -0.608. The molecule has 5 atom stereocenters. The maximum absolute atomic E-state index is 15.5. The van der Waals surface area contributed by atoms with Gasteiger partial charge in [-0.05, 0) is 61.6 Å². The molecule has 3 aliphatic heterocycles. The molecule has 9 N–H and O–H groups in total. The number of aliphatic hydroxyl groups excluding tert-OH is 1. The van der Waals surface area contributed by atoms with Crippen LogP contribution in [0.15, 0.2) is 59.4 Å². The van der Waals surface area contributed by atoms with Gasteiger partial charge in [0.15, 0.2) is 5.60 Å². The Morgan fingerprint density at radius 1 is 0.910 bits per heavy atom. The van der Waals surface area contributed by atoms with Gasteiger partial charge in [-0.2, -0.15) is 0 Å². The Hall–Kier alpha value is -8.30. The van der Waals surface area contributed by atoms with E-state index in [-0.39, 0.29) is 43.7 Å². The number of cyclic esters (lactones) is 1. The van der Waals surface area contributed by atoms with Crippen molar-refractivity contribution in [3.8, 4) is 11.4 Å². The molecule has 0 spiro atoms. The first-order valence-corrected chi connectivity index (χ1v) is 24.9. The van der Waals surface area contributed by atoms with Gasteiger partial charge in [0.05, 0.1) is 61.8 Å². The van der Waals surface area contributed by atoms with Crippen molar-refractivity contribution >= 4 is 64.2 Å². The zero-order chi connectivity index (χ0) is 56.2. The summed E-state index contributed by atoms with van der Waals surface area (Å²) in [6, 6.07) is 8.25. The van der Waals surface area contributed by atoms with Gasteiger partial charge in [-0.3, -0.25) is 53.0 Å². The Bertz CT molecular complexity index is 3210. The van der Waals surface area contributed by atoms with Crippen LogP contribution < -0.4 is 37.5 Å². The molecule has 5 heterocycles. The second-order valence-electron chi connectivity index (χ2n) is 19.1. The largest absolute Gasteiger partial charge is 0.480 e. The monoisotopic (exact) mass is 1080 g/mol. The number of carbonyl (C=O) groups excluding carboxylic acids is 8. The standard InChI is InChI=1S/C52H57FN10O15/c1-4-52(76)31-15-36-47-29(22-62(36)50(74)30(31)23-78-51(52)75)46-35(11-10-28-26(2)32(53)16-33(60-47)45(28)46)61(3)43(69)24-77-25-58-39(65)19-56-48(72)34(14-27-8-6-5-7-9-27)59-40(66)20-55-38(64)18-57-49(73)37(17-54-21-44(70)71)63-41(67)12-13-42(63)68/h5-9,12-13,15-16,34-35,37,43,54,69,76H,4,10-11,14,17-25H2,1-3H3,(H,55,64)(H,56,72)(H,57,73)(H,58,65)(H,59,66)(H,70,71)/t34-,35-,37-,43?,52-/m0/s1. The summed E-state index contributed by atoms with van der Waals surface area (Å²) in [7, 11) is 1.68. The van der Waals surface area contributed by atoms with Crippen LogP contribution in [0.5, 0.6) is 0 Å². The highest BCUT2D eigenvalue weighted by Crippen LogP contribution is 2.47. The zero-order valence-corrected chi connectivity index (χ0v) is 42.6. The quantitative estimate of drug-likeness (QED) is 0.0146. The molecule has 0 fully saturated rings. The number of likely N-dealkylation sites (N-methyl/N-ethyl adjacent to an activating group) is 1. The first-order valence-electron chi connectivity index (χ1n) is 24.9. The molecule has 2 aromatic heterocycles. The molecule has 0 saturated heterocycles. The minimum atomic E-state index is -2.06. The SMILES string of the molecule is CC[C@@]1(O)C(=O)OCc2c1cc1n(c2=O)Cc2c-1nc1cc(F)c(C)c3c1c2[C@@H](N(C)C(O)COCNC(=O)CNC(=O)[C@H](Cc1ccccc1)NC(=O)CNC(=O)CNC(=O)[C@H](CNCC(=O)O)N1C(=O)C=CC1=O)CC3. The molecule has 25 nitrogen and oxygen atoms in total. The molecule has 0 radical (unpaired) electrons. The average molecular weight is 1080 g/mol. The Morgan fingerprint density at radius 3 is 2.28 bits per heavy atom. The minimum Gasteiger partial charge on any atom is -0.480 e. The zero-order valence-electron chi connectivity index (χ0n) is 42.6. The highest BCUT2D eigenvalue weighted by atomic mass is 19.1. The second kappa shape index (κ2) is 23.5. The van der Waals surface area contributed by atoms with Crippen LogP contribution in [0.2, 0.25) is 0 Å². The molecule has 7 amide bonds. The number of aliphatic carboxylic acids is 1. The number of benzene rings is 2. The van der Waals surface area contributed by atoms with Gasteiger partial charge in [-0.1, -0.05) is 37.3 Å². The lowest BCUT2D eigenvalue weighted by Gasteiger charge is -2.37. The van der Waals surface area contributed by atoms with Crippen molar-refractivity contribution in [3.63, 3.8) is 0 Å². The van der Waals surface area contributed by atoms with Crippen molar-refractivity contribution in [1.82, 2.24) is 51.3 Å². The van der Waals surface area contributed by atoms with Crippen molar-refractivity contribution in [1.29, 1.82) is 0 Å². The number of hydrogen-bond donors (Lipinski definition) is 9. The Labute approximate surface area is 443 Å². The maximum atomic E-state index is 15.5. The van der Waals surface area contributed by atoms with Gasteiger partial charge < -0.3 is 61.3 Å². The average Bonchev–Trinajstić information content (AvgIpc) is 4.06. The maximum Gasteiger partial charge on any atom is 0.343 e. The normalized spacial score (nSPS) is 18.1. The van der Waals surface area contributed by atoms with Gasteiger partial charge >= 0.3 is 11.9 Å². The smallest absolute Gasteiger partial charge is 0.343 e. The molecule has 4 aromatic rings. The number of rotatable bonds is 23. The van der Waals surface area contributed by atoms with E-state index < -0.39 is 134 Å². The number of carboxylic acids is 1. The minimum absolute atomic E-state index is 0.0241. The fourth-order valence-corrected chi connectivity index (χ4v) is 10.1. The Balaban J connectivity index is 0.847. The van der Waals surface area contributed by atoms with Crippen molar-refractivity contribution in [2.45, 2.75) is 82.6 Å². The van der Waals surface area contributed by atoms with Gasteiger partial charge in [0.2, 0.25) is 29.5 Å². The summed E-state index contributed by atoms with van der Waals surface area (Å²) in [5.41, 5.74) is 2.02. The number of carbonyl (C=O) groups is 9. The van der Waals surface area contributed by atoms with Crippen LogP contribution in [0, 0.1) is 12.7 Å². The number of fused-ring (bicyclic) bond motifs is 5. The van der Waals surface area contributed by atoms with Crippen LogP contribution in [0.3, 0.4) is 0 Å². The number of esters is 1. The Kier molecular flexibility index (Phi) is 16.9. The predicted octanol–water partition coefficient (Wildman–Crippen LogP) is -2.10. The lowest BCUT2D eigenvalue weighted by Crippen LogP contribution is -2.56. The fourth-order valence-electron chi connectivity index (χ4n) is 10.1. The number of aryl methyl sites for hydroxylation is 1. The first kappa shape index (κ1) is 55.9. The molecule has 412 valence electrons. The molecule has 2 aromatic carbocycles. The van der Waals surface area contributed by atoms with Crippen molar-refractivity contribution in [3.05, 3.63) is 110 Å². The van der Waals surface area contributed by atoms with Gasteiger partial charge in [-0.25, -0.2) is 14.2 Å². The van der Waals surface area contributed by atoms with E-state index >= 15 is 4.39 Å². The number of aliphatic hydroxyl groups is 2. The molecular weight excluding hydrogens is 1020 g/mol. The van der Waals surface area contributed by atoms with E-state index in [9.17, 15) is 58.2 Å². The van der Waals surface area contributed by atoms with Crippen LogP contribution in [0.25, 0.3) is 22.3 Å². The van der Waals surface area contributed by atoms with E-state index in [4.69, 9.17) is 19.6 Å². The summed E-state index contributed by atoms with van der Waals surface area (Å²) in [6.07, 6.45) is 1.39. The summed E-state index contributed by atoms with van der Waals surface area (Å²) < 4.78 is 27.9. The fraction of sp³-hybridized carbons (Fsp3) is 0.404. The molecule has 26 heteroatoms. The number of imide groups is 1. The van der Waals surface area contributed by atoms with E-state index in [2.05, 4.69) is 31.9 Å². The van der Waals surface area contributed by atoms with Gasteiger partial charge in [0.25, 0.3) is 17.4 Å². The van der Waals surface area contributed by atoms with E-state index in [0.29, 0.717) is 56.7 Å². The third-order valence-electron chi connectivity index (χ3n) is 14.2. The number of halogens is 1. The number of carboxylic acid groups (broad SMARTS) is 1. The summed E-state index contributed by atoms with van der Waals surface area (Å²) >= 11 is 0. The van der Waals surface area contributed by atoms with E-state index in [1.807, 2.05) is 0 Å². The summed E-state index contributed by atoms with van der Waals surface area (Å²) in [5, 5.41) is 47.0. The topological polar surface area (TPSA) is 346 Å². The molecule has 0 bridgehead atoms. The van der Waals surface area contributed by atoms with Gasteiger partial charge in [-0.15, -0.1) is 0 Å². The third-order valence-corrected chi connectivity index (χ3v) is 14.2. The van der Waals surface area contributed by atoms with Crippen LogP contribution in [0.1, 0.15) is 64.8 Å². The molecule has 8 rings (SSSR count). The molecule has 0 saturated carbocycles. The number of hydrogen-bond acceptors (Lipinski definition) is 17. The van der Waals surface area contributed by atoms with Crippen LogP contribution in [0.4, 0.5) is 4.39 Å². The van der Waals surface area contributed by atoms with Gasteiger partial charge in [0.1, 0.15) is 37.5 Å². The summed E-state index contributed by atoms with van der Waals surface area (Å²) in [4.78, 5) is 134. The van der Waals surface area contributed by atoms with Crippen LogP contribution in [-0.2, 0) is 84.2 Å². The predicted molar refractivity (Wildman–Crippen MR) is 269 cm³/mol. The lowest BCUT2D eigenvalue weighted by atomic mass is 9.81. The number of ether oxygens (including phenoxy) is 2. The van der Waals surface area contributed by atoms with Crippen LogP contribution >= 0.6 is 0 Å². The summed E-state index contributed by atoms with van der Waals surface area (Å²) in [5.74, 6) is -8.33. The number of nitrogens with one attached hydrogen (secondary N) is 6. The number of nitrogens with zero attached hydrogens (tertiary/aromatic N) is 4. The van der Waals surface area contributed by atoms with Gasteiger partial charge in [0, 0.05) is 53.7 Å². The molecular formula is C52H57FN10O15. The van der Waals surface area contributed by atoms with Crippen molar-refractivity contribution in [2.24, 2.45) is 0 Å². The highest BCUT2D eigenvalue weighted by molar-refractivity contribution is 6.15. The molecule has 1 aliphatic carbocycles. The molecule has 4 aliphatic rings. The van der Waals surface area contributed by atoms with E-state index in [1.165, 1.54) is 10.6 Å². The highest BCUT2D eigenvalue weighted by Gasteiger charge is 2.46. The van der Waals surface area contributed by atoms with E-state index in [1.54, 1.807) is 62.2 Å². The van der Waals surface area contributed by atoms with Crippen LogP contribution in [-0.4, -0.2) is 159 Å². The van der Waals surface area contributed by atoms with Crippen molar-refractivity contribution < 1.29 is 72.3 Å². The number of amides is 7.